The normalized spacial score (nSPS) is 14.0. The van der Waals surface area contributed by atoms with Gasteiger partial charge in [-0.25, -0.2) is 0 Å². The number of nitrogens with two attached hydrogens (primary N) is 2. The molecule has 0 saturated heterocycles. The molecule has 0 saturated carbocycles. The van der Waals surface area contributed by atoms with Gasteiger partial charge in [0.05, 0.1) is 0 Å². The molecule has 0 fully saturated rings. The van der Waals surface area contributed by atoms with Crippen molar-refractivity contribution >= 4 is 0 Å². The van der Waals surface area contributed by atoms with Crippen LogP contribution in [0.1, 0.15) is 27.7 Å². The predicted octanol–water partition coefficient (Wildman–Crippen LogP) is -0.0344. The highest BCUT2D eigenvalue weighted by atomic mass is 15.3. The zero-order valence-corrected chi connectivity index (χ0v) is 6.65. The fourth-order valence-corrected chi connectivity index (χ4v) is 0.186. The Morgan fingerprint density at radius 2 is 1.44 bits per heavy atom. The number of nitrogens with one attached hydrogen (secondary N) is 1. The van der Waals surface area contributed by atoms with Crippen LogP contribution in [0.2, 0.25) is 0 Å². The third-order valence-corrected chi connectivity index (χ3v) is 1.97. The summed E-state index contributed by atoms with van der Waals surface area (Å²) < 4.78 is 0. The topological polar surface area (TPSA) is 64.1 Å². The molecule has 0 aromatic rings. The standard InChI is InChI=1S/C6H17N3/c1-5(2,7)6(3,4)9-8/h9H,7-8H2,1-4H3. The lowest BCUT2D eigenvalue weighted by Gasteiger charge is -2.37. The van der Waals surface area contributed by atoms with Crippen molar-refractivity contribution in [3.63, 3.8) is 0 Å². The van der Waals surface area contributed by atoms with Crippen LogP contribution in [0.4, 0.5) is 0 Å². The van der Waals surface area contributed by atoms with Gasteiger partial charge < -0.3 is 5.73 Å². The zero-order valence-electron chi connectivity index (χ0n) is 6.65. The van der Waals surface area contributed by atoms with Gasteiger partial charge in [0.15, 0.2) is 0 Å². The zero-order chi connectivity index (χ0) is 7.71. The van der Waals surface area contributed by atoms with Crippen molar-refractivity contribution in [1.82, 2.24) is 5.43 Å². The van der Waals surface area contributed by atoms with Crippen LogP contribution < -0.4 is 17.0 Å². The van der Waals surface area contributed by atoms with E-state index in [0.717, 1.165) is 0 Å². The first kappa shape index (κ1) is 8.88. The number of hydrogen-bond donors (Lipinski definition) is 3. The van der Waals surface area contributed by atoms with E-state index in [1.54, 1.807) is 0 Å². The third kappa shape index (κ3) is 1.93. The molecule has 0 aromatic carbocycles. The molecule has 0 aromatic heterocycles. The first-order valence-corrected chi connectivity index (χ1v) is 3.08. The van der Waals surface area contributed by atoms with Crippen LogP contribution in [-0.4, -0.2) is 11.1 Å². The second kappa shape index (κ2) is 2.25. The van der Waals surface area contributed by atoms with E-state index >= 15 is 0 Å². The molecule has 3 heteroatoms. The molecular formula is C6H17N3. The average Bonchev–Trinajstić information content (AvgIpc) is 1.64. The van der Waals surface area contributed by atoms with Crippen LogP contribution in [-0.2, 0) is 0 Å². The van der Waals surface area contributed by atoms with Gasteiger partial charge >= 0.3 is 0 Å². The van der Waals surface area contributed by atoms with Crippen LogP contribution in [0.25, 0.3) is 0 Å². The summed E-state index contributed by atoms with van der Waals surface area (Å²) in [5.74, 6) is 5.26. The van der Waals surface area contributed by atoms with Crippen LogP contribution in [0.5, 0.6) is 0 Å². The summed E-state index contributed by atoms with van der Waals surface area (Å²) in [5, 5.41) is 0. The molecule has 9 heavy (non-hydrogen) atoms. The van der Waals surface area contributed by atoms with Crippen LogP contribution >= 0.6 is 0 Å². The molecule has 0 radical (unpaired) electrons. The van der Waals surface area contributed by atoms with Gasteiger partial charge in [-0.2, -0.15) is 0 Å². The van der Waals surface area contributed by atoms with E-state index in [2.05, 4.69) is 5.43 Å². The van der Waals surface area contributed by atoms with Crippen molar-refractivity contribution in [1.29, 1.82) is 0 Å². The van der Waals surface area contributed by atoms with E-state index in [-0.39, 0.29) is 11.1 Å². The molecule has 56 valence electrons. The van der Waals surface area contributed by atoms with E-state index in [4.69, 9.17) is 11.6 Å². The molecule has 0 aliphatic carbocycles. The van der Waals surface area contributed by atoms with Gasteiger partial charge in [0.1, 0.15) is 0 Å². The van der Waals surface area contributed by atoms with Crippen molar-refractivity contribution in [2.24, 2.45) is 11.6 Å². The molecule has 0 atom stereocenters. The van der Waals surface area contributed by atoms with Crippen molar-refractivity contribution in [3.8, 4) is 0 Å². The Bertz CT molecular complexity index is 91.0. The second-order valence-electron chi connectivity index (χ2n) is 3.49. The lowest BCUT2D eigenvalue weighted by atomic mass is 9.84. The molecule has 0 rings (SSSR count). The van der Waals surface area contributed by atoms with Gasteiger partial charge in [-0.3, -0.25) is 11.3 Å². The van der Waals surface area contributed by atoms with Crippen molar-refractivity contribution < 1.29 is 0 Å². The summed E-state index contributed by atoms with van der Waals surface area (Å²) in [6.07, 6.45) is 0. The van der Waals surface area contributed by atoms with Gasteiger partial charge in [-0.1, -0.05) is 0 Å². The molecular weight excluding hydrogens is 114 g/mol. The van der Waals surface area contributed by atoms with Crippen molar-refractivity contribution in [2.45, 2.75) is 38.8 Å². The van der Waals surface area contributed by atoms with Crippen molar-refractivity contribution in [3.05, 3.63) is 0 Å². The number of rotatable bonds is 2. The molecule has 0 amide bonds. The second-order valence-corrected chi connectivity index (χ2v) is 3.49. The molecule has 0 bridgehead atoms. The first-order valence-electron chi connectivity index (χ1n) is 3.08. The maximum atomic E-state index is 5.78. The highest BCUT2D eigenvalue weighted by molar-refractivity contribution is 4.95. The fourth-order valence-electron chi connectivity index (χ4n) is 0.186. The molecule has 5 N–H and O–H groups in total. The first-order chi connectivity index (χ1) is 3.81. The van der Waals surface area contributed by atoms with Gasteiger partial charge in [0, 0.05) is 11.1 Å². The Kier molecular flexibility index (Phi) is 2.22. The summed E-state index contributed by atoms with van der Waals surface area (Å²) >= 11 is 0. The maximum absolute atomic E-state index is 5.78. The van der Waals surface area contributed by atoms with E-state index in [1.165, 1.54) is 0 Å². The minimum Gasteiger partial charge on any atom is -0.324 e. The Morgan fingerprint density at radius 1 is 1.11 bits per heavy atom. The Labute approximate surface area is 56.8 Å². The lowest BCUT2D eigenvalue weighted by Crippen LogP contribution is -2.63. The summed E-state index contributed by atoms with van der Waals surface area (Å²) in [6.45, 7) is 7.81. The van der Waals surface area contributed by atoms with Crippen LogP contribution in [0.3, 0.4) is 0 Å². The maximum Gasteiger partial charge on any atom is 0.0438 e. The van der Waals surface area contributed by atoms with Crippen LogP contribution in [0.15, 0.2) is 0 Å². The molecule has 0 spiro atoms. The molecule has 0 unspecified atom stereocenters. The quantitative estimate of drug-likeness (QED) is 0.364. The molecule has 0 heterocycles. The van der Waals surface area contributed by atoms with E-state index in [9.17, 15) is 0 Å². The Balaban J connectivity index is 4.14. The SMILES string of the molecule is CC(C)(N)C(C)(C)NN. The molecule has 0 aliphatic rings. The predicted molar refractivity (Wildman–Crippen MR) is 39.7 cm³/mol. The van der Waals surface area contributed by atoms with Gasteiger partial charge in [-0.05, 0) is 27.7 Å². The largest absolute Gasteiger partial charge is 0.324 e. The average molecular weight is 131 g/mol. The highest BCUT2D eigenvalue weighted by Crippen LogP contribution is 2.15. The highest BCUT2D eigenvalue weighted by Gasteiger charge is 2.31. The lowest BCUT2D eigenvalue weighted by molar-refractivity contribution is 0.245. The Hall–Kier alpha value is -0.120. The molecule has 0 aliphatic heterocycles. The van der Waals surface area contributed by atoms with E-state index in [1.807, 2.05) is 27.7 Å². The fraction of sp³-hybridized carbons (Fsp3) is 1.00. The van der Waals surface area contributed by atoms with E-state index in [0.29, 0.717) is 0 Å². The van der Waals surface area contributed by atoms with Gasteiger partial charge in [-0.15, -0.1) is 0 Å². The summed E-state index contributed by atoms with van der Waals surface area (Å²) in [5.41, 5.74) is 7.93. The number of hydrazine groups is 1. The monoisotopic (exact) mass is 131 g/mol. The summed E-state index contributed by atoms with van der Waals surface area (Å²) in [6, 6.07) is 0. The van der Waals surface area contributed by atoms with Crippen LogP contribution in [0, 0.1) is 0 Å². The Morgan fingerprint density at radius 3 is 1.44 bits per heavy atom. The number of hydrogen-bond acceptors (Lipinski definition) is 3. The van der Waals surface area contributed by atoms with Gasteiger partial charge in [0.25, 0.3) is 0 Å². The smallest absolute Gasteiger partial charge is 0.0438 e. The minimum atomic E-state index is -0.290. The molecule has 3 nitrogen and oxygen atoms in total. The third-order valence-electron chi connectivity index (χ3n) is 1.97. The van der Waals surface area contributed by atoms with E-state index < -0.39 is 0 Å². The minimum absolute atomic E-state index is 0.215. The summed E-state index contributed by atoms with van der Waals surface area (Å²) in [7, 11) is 0. The van der Waals surface area contributed by atoms with Crippen molar-refractivity contribution in [2.75, 3.05) is 0 Å². The van der Waals surface area contributed by atoms with Gasteiger partial charge in [0.2, 0.25) is 0 Å². The summed E-state index contributed by atoms with van der Waals surface area (Å²) in [4.78, 5) is 0.